The van der Waals surface area contributed by atoms with Crippen LogP contribution in [-0.2, 0) is 0 Å². The van der Waals surface area contributed by atoms with Crippen molar-refractivity contribution in [2.45, 2.75) is 45.6 Å². The molecule has 20 heavy (non-hydrogen) atoms. The number of carbonyl (C=O) groups excluding carboxylic acids is 1. The van der Waals surface area contributed by atoms with Gasteiger partial charge in [-0.3, -0.25) is 14.9 Å². The Kier molecular flexibility index (Phi) is 4.37. The molecule has 1 N–H and O–H groups in total. The van der Waals surface area contributed by atoms with Crippen LogP contribution in [0.5, 0.6) is 0 Å². The summed E-state index contributed by atoms with van der Waals surface area (Å²) in [5.74, 6) is 0.261. The molecule has 1 aromatic rings. The van der Waals surface area contributed by atoms with E-state index < -0.39 is 4.92 Å². The standard InChI is InChI=1S/C15H20N2O3/c1-10-6-3-4-8-13(10)16-15(18)12-7-5-9-14(11(12)2)17(19)20/h5,7,9-10,13H,3-4,6,8H2,1-2H3,(H,16,18)/t10-,13+/m1/s1. The molecule has 5 heteroatoms. The van der Waals surface area contributed by atoms with Gasteiger partial charge >= 0.3 is 0 Å². The van der Waals surface area contributed by atoms with E-state index in [1.807, 2.05) is 0 Å². The van der Waals surface area contributed by atoms with Crippen LogP contribution in [0, 0.1) is 23.0 Å². The van der Waals surface area contributed by atoms with E-state index in [9.17, 15) is 14.9 Å². The number of nitro benzene ring substituents is 1. The number of amides is 1. The van der Waals surface area contributed by atoms with Crippen LogP contribution in [0.2, 0.25) is 0 Å². The maximum Gasteiger partial charge on any atom is 0.273 e. The Bertz CT molecular complexity index is 528. The third kappa shape index (κ3) is 2.98. The number of hydrogen-bond acceptors (Lipinski definition) is 3. The van der Waals surface area contributed by atoms with Gasteiger partial charge in [0.25, 0.3) is 11.6 Å². The lowest BCUT2D eigenvalue weighted by atomic mass is 9.85. The average molecular weight is 276 g/mol. The van der Waals surface area contributed by atoms with Gasteiger partial charge in [-0.15, -0.1) is 0 Å². The monoisotopic (exact) mass is 276 g/mol. The van der Waals surface area contributed by atoms with Gasteiger partial charge in [-0.1, -0.05) is 25.8 Å². The molecule has 0 aromatic heterocycles. The summed E-state index contributed by atoms with van der Waals surface area (Å²) in [4.78, 5) is 22.8. The molecule has 0 aliphatic heterocycles. The first-order valence-corrected chi connectivity index (χ1v) is 7.05. The third-order valence-corrected chi connectivity index (χ3v) is 4.17. The molecule has 1 fully saturated rings. The highest BCUT2D eigenvalue weighted by atomic mass is 16.6. The molecule has 0 bridgehead atoms. The molecule has 0 spiro atoms. The summed E-state index contributed by atoms with van der Waals surface area (Å²) in [6.07, 6.45) is 4.45. The number of nitrogens with one attached hydrogen (secondary N) is 1. The lowest BCUT2D eigenvalue weighted by Gasteiger charge is -2.29. The molecule has 2 atom stereocenters. The highest BCUT2D eigenvalue weighted by Gasteiger charge is 2.25. The predicted molar refractivity (Wildman–Crippen MR) is 76.7 cm³/mol. The van der Waals surface area contributed by atoms with Crippen LogP contribution < -0.4 is 5.32 Å². The molecule has 1 aliphatic carbocycles. The maximum atomic E-state index is 12.3. The minimum absolute atomic E-state index is 0.00524. The zero-order valence-corrected chi connectivity index (χ0v) is 11.9. The number of nitro groups is 1. The van der Waals surface area contributed by atoms with E-state index in [0.717, 1.165) is 19.3 Å². The Balaban J connectivity index is 2.17. The third-order valence-electron chi connectivity index (χ3n) is 4.17. The normalized spacial score (nSPS) is 22.3. The fourth-order valence-electron chi connectivity index (χ4n) is 2.84. The van der Waals surface area contributed by atoms with Crippen LogP contribution >= 0.6 is 0 Å². The number of carbonyl (C=O) groups is 1. The van der Waals surface area contributed by atoms with Crippen molar-refractivity contribution in [1.29, 1.82) is 0 Å². The quantitative estimate of drug-likeness (QED) is 0.680. The van der Waals surface area contributed by atoms with Gasteiger partial charge in [0.2, 0.25) is 0 Å². The summed E-state index contributed by atoms with van der Waals surface area (Å²) in [7, 11) is 0. The first-order chi connectivity index (χ1) is 9.50. The molecule has 5 nitrogen and oxygen atoms in total. The van der Waals surface area contributed by atoms with Crippen LogP contribution in [-0.4, -0.2) is 16.9 Å². The Labute approximate surface area is 118 Å². The van der Waals surface area contributed by atoms with E-state index in [1.165, 1.54) is 12.5 Å². The Hall–Kier alpha value is -1.91. The lowest BCUT2D eigenvalue weighted by molar-refractivity contribution is -0.385. The molecule has 108 valence electrons. The Morgan fingerprint density at radius 3 is 2.70 bits per heavy atom. The smallest absolute Gasteiger partial charge is 0.273 e. The highest BCUT2D eigenvalue weighted by molar-refractivity contribution is 5.96. The molecule has 0 radical (unpaired) electrons. The van der Waals surface area contributed by atoms with Gasteiger partial charge < -0.3 is 5.32 Å². The second kappa shape index (κ2) is 6.03. The number of nitrogens with zero attached hydrogens (tertiary/aromatic N) is 1. The van der Waals surface area contributed by atoms with E-state index in [-0.39, 0.29) is 17.6 Å². The van der Waals surface area contributed by atoms with E-state index in [2.05, 4.69) is 12.2 Å². The molecule has 1 amide bonds. The molecular weight excluding hydrogens is 256 g/mol. The van der Waals surface area contributed by atoms with Crippen molar-refractivity contribution in [3.05, 3.63) is 39.4 Å². The zero-order valence-electron chi connectivity index (χ0n) is 11.9. The van der Waals surface area contributed by atoms with Crippen molar-refractivity contribution >= 4 is 11.6 Å². The summed E-state index contributed by atoms with van der Waals surface area (Å²) >= 11 is 0. The summed E-state index contributed by atoms with van der Waals surface area (Å²) in [6, 6.07) is 4.81. The molecular formula is C15H20N2O3. The fourth-order valence-corrected chi connectivity index (χ4v) is 2.84. The Morgan fingerprint density at radius 1 is 1.35 bits per heavy atom. The fraction of sp³-hybridized carbons (Fsp3) is 0.533. The van der Waals surface area contributed by atoms with Crippen LogP contribution in [0.3, 0.4) is 0 Å². The first-order valence-electron chi connectivity index (χ1n) is 7.05. The van der Waals surface area contributed by atoms with Gasteiger partial charge in [0, 0.05) is 23.2 Å². The van der Waals surface area contributed by atoms with Crippen LogP contribution in [0.4, 0.5) is 5.69 Å². The van der Waals surface area contributed by atoms with Crippen LogP contribution in [0.15, 0.2) is 18.2 Å². The van der Waals surface area contributed by atoms with Crippen molar-refractivity contribution < 1.29 is 9.72 Å². The lowest BCUT2D eigenvalue weighted by Crippen LogP contribution is -2.41. The van der Waals surface area contributed by atoms with Crippen LogP contribution in [0.1, 0.15) is 48.5 Å². The van der Waals surface area contributed by atoms with Crippen molar-refractivity contribution in [2.75, 3.05) is 0 Å². The van der Waals surface area contributed by atoms with E-state index >= 15 is 0 Å². The topological polar surface area (TPSA) is 72.2 Å². The highest BCUT2D eigenvalue weighted by Crippen LogP contribution is 2.25. The SMILES string of the molecule is Cc1c(C(=O)N[C@H]2CCCC[C@H]2C)cccc1[N+](=O)[O-]. The van der Waals surface area contributed by atoms with Crippen molar-refractivity contribution in [3.8, 4) is 0 Å². The second-order valence-corrected chi connectivity index (χ2v) is 5.55. The zero-order chi connectivity index (χ0) is 14.7. The molecule has 1 aromatic carbocycles. The molecule has 2 rings (SSSR count). The molecule has 1 aliphatic rings. The number of benzene rings is 1. The van der Waals surface area contributed by atoms with Gasteiger partial charge in [-0.25, -0.2) is 0 Å². The summed E-state index contributed by atoms with van der Waals surface area (Å²) in [5, 5.41) is 13.9. The van der Waals surface area contributed by atoms with Gasteiger partial charge in [0.05, 0.1) is 4.92 Å². The average Bonchev–Trinajstić information content (AvgIpc) is 2.41. The first kappa shape index (κ1) is 14.5. The van der Waals surface area contributed by atoms with E-state index in [4.69, 9.17) is 0 Å². The van der Waals surface area contributed by atoms with Crippen molar-refractivity contribution in [2.24, 2.45) is 5.92 Å². The van der Waals surface area contributed by atoms with Gasteiger partial charge in [0.15, 0.2) is 0 Å². The maximum absolute atomic E-state index is 12.3. The van der Waals surface area contributed by atoms with Crippen LogP contribution in [0.25, 0.3) is 0 Å². The largest absolute Gasteiger partial charge is 0.349 e. The number of hydrogen-bond donors (Lipinski definition) is 1. The molecule has 1 saturated carbocycles. The van der Waals surface area contributed by atoms with E-state index in [0.29, 0.717) is 17.0 Å². The van der Waals surface area contributed by atoms with Gasteiger partial charge in [-0.05, 0) is 31.7 Å². The second-order valence-electron chi connectivity index (χ2n) is 5.55. The number of rotatable bonds is 3. The molecule has 0 heterocycles. The summed E-state index contributed by atoms with van der Waals surface area (Å²) < 4.78 is 0. The van der Waals surface area contributed by atoms with Crippen molar-refractivity contribution in [1.82, 2.24) is 5.32 Å². The summed E-state index contributed by atoms with van der Waals surface area (Å²) in [6.45, 7) is 3.77. The molecule has 0 saturated heterocycles. The summed E-state index contributed by atoms with van der Waals surface area (Å²) in [5.41, 5.74) is 0.824. The van der Waals surface area contributed by atoms with Crippen molar-refractivity contribution in [3.63, 3.8) is 0 Å². The minimum Gasteiger partial charge on any atom is -0.349 e. The predicted octanol–water partition coefficient (Wildman–Crippen LogP) is 3.21. The van der Waals surface area contributed by atoms with E-state index in [1.54, 1.807) is 19.1 Å². The van der Waals surface area contributed by atoms with Gasteiger partial charge in [-0.2, -0.15) is 0 Å². The van der Waals surface area contributed by atoms with Gasteiger partial charge in [0.1, 0.15) is 0 Å². The minimum atomic E-state index is -0.449. The molecule has 0 unspecified atom stereocenters. The Morgan fingerprint density at radius 2 is 2.05 bits per heavy atom.